The van der Waals surface area contributed by atoms with E-state index in [4.69, 9.17) is 0 Å². The van der Waals surface area contributed by atoms with Crippen LogP contribution in [0.15, 0.2) is 4.99 Å². The van der Waals surface area contributed by atoms with Gasteiger partial charge in [-0.2, -0.15) is 0 Å². The van der Waals surface area contributed by atoms with Crippen LogP contribution in [0.3, 0.4) is 0 Å². The number of carbonyl (C=O) groups is 1. The van der Waals surface area contributed by atoms with E-state index < -0.39 is 0 Å². The molecule has 2 N–H and O–H groups in total. The van der Waals surface area contributed by atoms with Crippen molar-refractivity contribution in [2.75, 3.05) is 20.6 Å². The molecular formula is C15H29IN4O. The summed E-state index contributed by atoms with van der Waals surface area (Å²) in [4.78, 5) is 17.7. The molecule has 122 valence electrons. The van der Waals surface area contributed by atoms with Crippen LogP contribution >= 0.6 is 24.0 Å². The Kier molecular flexibility index (Phi) is 7.76. The minimum atomic E-state index is 0. The van der Waals surface area contributed by atoms with Gasteiger partial charge in [0, 0.05) is 26.2 Å². The molecule has 21 heavy (non-hydrogen) atoms. The van der Waals surface area contributed by atoms with Gasteiger partial charge in [0.1, 0.15) is 6.54 Å². The first kappa shape index (κ1) is 18.5. The van der Waals surface area contributed by atoms with Crippen molar-refractivity contribution in [3.05, 3.63) is 0 Å². The molecule has 6 heteroatoms. The van der Waals surface area contributed by atoms with Crippen LogP contribution in [-0.4, -0.2) is 49.5 Å². The second-order valence-corrected chi connectivity index (χ2v) is 6.38. The molecule has 2 rings (SSSR count). The first-order valence-corrected chi connectivity index (χ1v) is 7.84. The maximum atomic E-state index is 11.7. The number of guanidine groups is 1. The van der Waals surface area contributed by atoms with E-state index in [0.29, 0.717) is 18.0 Å². The molecule has 5 nitrogen and oxygen atoms in total. The number of amides is 1. The molecule has 0 bridgehead atoms. The number of carbonyl (C=O) groups excluding carboxylic acids is 1. The molecule has 2 atom stereocenters. The quantitative estimate of drug-likeness (QED) is 0.425. The standard InChI is InChI=1S/C15H28N4O.HI/c1-11-6-4-5-7-13(11)18-15(17-12-8-9-12)16-10-14(20)19(2)3;/h11-13H,4-10H2,1-3H3,(H2,16,17,18);1H. The van der Waals surface area contributed by atoms with Crippen LogP contribution in [0.5, 0.6) is 0 Å². The number of hydrogen-bond acceptors (Lipinski definition) is 2. The maximum Gasteiger partial charge on any atom is 0.243 e. The van der Waals surface area contributed by atoms with Gasteiger partial charge in [0.2, 0.25) is 5.91 Å². The Morgan fingerprint density at radius 2 is 1.81 bits per heavy atom. The number of halogens is 1. The summed E-state index contributed by atoms with van der Waals surface area (Å²) >= 11 is 0. The van der Waals surface area contributed by atoms with Crippen molar-refractivity contribution in [3.63, 3.8) is 0 Å². The Morgan fingerprint density at radius 1 is 1.14 bits per heavy atom. The Balaban J connectivity index is 0.00000220. The monoisotopic (exact) mass is 408 g/mol. The highest BCUT2D eigenvalue weighted by Gasteiger charge is 2.26. The zero-order chi connectivity index (χ0) is 14.5. The molecule has 0 aromatic rings. The van der Waals surface area contributed by atoms with E-state index in [0.717, 1.165) is 5.96 Å². The van der Waals surface area contributed by atoms with Crippen LogP contribution in [0.1, 0.15) is 45.4 Å². The fourth-order valence-electron chi connectivity index (χ4n) is 2.55. The number of likely N-dealkylation sites (N-methyl/N-ethyl adjacent to an activating group) is 1. The van der Waals surface area contributed by atoms with Crippen molar-refractivity contribution < 1.29 is 4.79 Å². The Bertz CT molecular complexity index is 369. The molecule has 2 fully saturated rings. The van der Waals surface area contributed by atoms with Crippen LogP contribution in [-0.2, 0) is 4.79 Å². The van der Waals surface area contributed by atoms with Gasteiger partial charge in [-0.05, 0) is 31.6 Å². The minimum absolute atomic E-state index is 0. The minimum Gasteiger partial charge on any atom is -0.354 e. The first-order valence-electron chi connectivity index (χ1n) is 7.84. The molecule has 0 radical (unpaired) electrons. The average molecular weight is 408 g/mol. The van der Waals surface area contributed by atoms with Crippen molar-refractivity contribution in [2.45, 2.75) is 57.5 Å². The third-order valence-electron chi connectivity index (χ3n) is 4.22. The summed E-state index contributed by atoms with van der Waals surface area (Å²) in [6.07, 6.45) is 7.53. The van der Waals surface area contributed by atoms with Crippen LogP contribution in [0.25, 0.3) is 0 Å². The van der Waals surface area contributed by atoms with Crippen LogP contribution in [0, 0.1) is 5.92 Å². The van der Waals surface area contributed by atoms with Crippen LogP contribution in [0.2, 0.25) is 0 Å². The Morgan fingerprint density at radius 3 is 2.38 bits per heavy atom. The summed E-state index contributed by atoms with van der Waals surface area (Å²) in [7, 11) is 3.53. The second kappa shape index (κ2) is 8.80. The van der Waals surface area contributed by atoms with E-state index in [-0.39, 0.29) is 36.4 Å². The molecule has 0 heterocycles. The van der Waals surface area contributed by atoms with E-state index in [1.807, 2.05) is 0 Å². The molecular weight excluding hydrogens is 379 g/mol. The molecule has 2 unspecified atom stereocenters. The lowest BCUT2D eigenvalue weighted by atomic mass is 9.86. The normalized spacial score (nSPS) is 25.8. The molecule has 0 aromatic heterocycles. The molecule has 0 aliphatic heterocycles. The molecule has 0 spiro atoms. The molecule has 1 amide bonds. The lowest BCUT2D eigenvalue weighted by molar-refractivity contribution is -0.127. The third kappa shape index (κ3) is 6.40. The number of nitrogens with one attached hydrogen (secondary N) is 2. The predicted molar refractivity (Wildman–Crippen MR) is 97.1 cm³/mol. The van der Waals surface area contributed by atoms with Gasteiger partial charge in [0.15, 0.2) is 5.96 Å². The highest BCUT2D eigenvalue weighted by molar-refractivity contribution is 14.0. The summed E-state index contributed by atoms with van der Waals surface area (Å²) in [6.45, 7) is 2.52. The number of aliphatic imine (C=N–C) groups is 1. The van der Waals surface area contributed by atoms with Gasteiger partial charge in [-0.25, -0.2) is 4.99 Å². The zero-order valence-electron chi connectivity index (χ0n) is 13.4. The molecule has 2 saturated carbocycles. The zero-order valence-corrected chi connectivity index (χ0v) is 15.7. The SMILES string of the molecule is CC1CCCCC1NC(=NCC(=O)N(C)C)NC1CC1.I. The Labute approximate surface area is 145 Å². The lowest BCUT2D eigenvalue weighted by Crippen LogP contribution is -2.48. The second-order valence-electron chi connectivity index (χ2n) is 6.38. The van der Waals surface area contributed by atoms with Crippen LogP contribution < -0.4 is 10.6 Å². The summed E-state index contributed by atoms with van der Waals surface area (Å²) in [5, 5.41) is 6.96. The summed E-state index contributed by atoms with van der Waals surface area (Å²) in [5.41, 5.74) is 0. The largest absolute Gasteiger partial charge is 0.354 e. The van der Waals surface area contributed by atoms with Gasteiger partial charge in [-0.3, -0.25) is 4.79 Å². The summed E-state index contributed by atoms with van der Waals surface area (Å²) in [5.74, 6) is 1.54. The highest BCUT2D eigenvalue weighted by atomic mass is 127. The molecule has 2 aliphatic rings. The molecule has 0 aromatic carbocycles. The van der Waals surface area contributed by atoms with Gasteiger partial charge < -0.3 is 15.5 Å². The third-order valence-corrected chi connectivity index (χ3v) is 4.22. The first-order chi connectivity index (χ1) is 9.56. The highest BCUT2D eigenvalue weighted by Crippen LogP contribution is 2.24. The smallest absolute Gasteiger partial charge is 0.243 e. The van der Waals surface area contributed by atoms with E-state index in [1.165, 1.54) is 38.5 Å². The van der Waals surface area contributed by atoms with Crippen molar-refractivity contribution in [2.24, 2.45) is 10.9 Å². The van der Waals surface area contributed by atoms with Crippen molar-refractivity contribution in [1.29, 1.82) is 0 Å². The molecule has 0 saturated heterocycles. The topological polar surface area (TPSA) is 56.7 Å². The van der Waals surface area contributed by atoms with Gasteiger partial charge >= 0.3 is 0 Å². The fraction of sp³-hybridized carbons (Fsp3) is 0.867. The van der Waals surface area contributed by atoms with Crippen molar-refractivity contribution in [1.82, 2.24) is 15.5 Å². The van der Waals surface area contributed by atoms with Gasteiger partial charge in [0.25, 0.3) is 0 Å². The van der Waals surface area contributed by atoms with Gasteiger partial charge in [-0.1, -0.05) is 19.8 Å². The predicted octanol–water partition coefficient (Wildman–Crippen LogP) is 1.97. The van der Waals surface area contributed by atoms with E-state index in [9.17, 15) is 4.79 Å². The number of rotatable bonds is 4. The number of nitrogens with zero attached hydrogens (tertiary/aromatic N) is 2. The summed E-state index contributed by atoms with van der Waals surface area (Å²) in [6, 6.07) is 1.04. The lowest BCUT2D eigenvalue weighted by Gasteiger charge is -2.31. The number of hydrogen-bond donors (Lipinski definition) is 2. The maximum absolute atomic E-state index is 11.7. The van der Waals surface area contributed by atoms with Gasteiger partial charge in [-0.15, -0.1) is 24.0 Å². The van der Waals surface area contributed by atoms with E-state index in [1.54, 1.807) is 19.0 Å². The average Bonchev–Trinajstić information content (AvgIpc) is 3.22. The van der Waals surface area contributed by atoms with Crippen LogP contribution in [0.4, 0.5) is 0 Å². The fourth-order valence-corrected chi connectivity index (χ4v) is 2.55. The summed E-state index contributed by atoms with van der Waals surface area (Å²) < 4.78 is 0. The van der Waals surface area contributed by atoms with E-state index in [2.05, 4.69) is 22.5 Å². The van der Waals surface area contributed by atoms with E-state index >= 15 is 0 Å². The Hall–Kier alpha value is -0.530. The molecule has 2 aliphatic carbocycles. The van der Waals surface area contributed by atoms with Gasteiger partial charge in [0.05, 0.1) is 0 Å². The van der Waals surface area contributed by atoms with Crippen molar-refractivity contribution >= 4 is 35.8 Å². The van der Waals surface area contributed by atoms with Crippen molar-refractivity contribution in [3.8, 4) is 0 Å².